The highest BCUT2D eigenvalue weighted by atomic mass is 35.5. The number of morpholine rings is 1. The summed E-state index contributed by atoms with van der Waals surface area (Å²) < 4.78 is 46.7. The molecule has 34 heavy (non-hydrogen) atoms. The van der Waals surface area contributed by atoms with E-state index in [0.29, 0.717) is 26.3 Å². The van der Waals surface area contributed by atoms with Crippen LogP contribution in [0.3, 0.4) is 0 Å². The molecule has 1 heterocycles. The van der Waals surface area contributed by atoms with E-state index < -0.39 is 17.8 Å². The number of hydrogen-bond acceptors (Lipinski definition) is 3. The lowest BCUT2D eigenvalue weighted by Gasteiger charge is -2.28. The Balaban J connectivity index is 0.00000324. The predicted octanol–water partition coefficient (Wildman–Crippen LogP) is 6.00. The molecule has 3 aromatic carbocycles. The van der Waals surface area contributed by atoms with E-state index in [4.69, 9.17) is 4.74 Å². The fourth-order valence-electron chi connectivity index (χ4n) is 4.11. The van der Waals surface area contributed by atoms with Gasteiger partial charge in [0, 0.05) is 36.9 Å². The molecule has 1 atom stereocenters. The molecule has 5 nitrogen and oxygen atoms in total. The van der Waals surface area contributed by atoms with Crippen molar-refractivity contribution in [2.75, 3.05) is 31.6 Å². The van der Waals surface area contributed by atoms with Crippen molar-refractivity contribution < 1.29 is 22.7 Å². The zero-order chi connectivity index (χ0) is 23.4. The summed E-state index contributed by atoms with van der Waals surface area (Å²) in [7, 11) is 0. The first-order chi connectivity index (χ1) is 15.8. The Kier molecular flexibility index (Phi) is 8.41. The summed E-state index contributed by atoms with van der Waals surface area (Å²) >= 11 is 0. The van der Waals surface area contributed by atoms with E-state index in [9.17, 15) is 18.0 Å². The molecule has 0 spiro atoms. The van der Waals surface area contributed by atoms with Gasteiger partial charge in [0.05, 0.1) is 18.8 Å². The van der Waals surface area contributed by atoms with E-state index in [1.807, 2.05) is 49.4 Å². The van der Waals surface area contributed by atoms with Crippen molar-refractivity contribution in [2.24, 2.45) is 0 Å². The molecule has 0 unspecified atom stereocenters. The van der Waals surface area contributed by atoms with Crippen LogP contribution >= 0.6 is 12.4 Å². The smallest absolute Gasteiger partial charge is 0.378 e. The van der Waals surface area contributed by atoms with Crippen LogP contribution in [0.5, 0.6) is 0 Å². The fourth-order valence-corrected chi connectivity index (χ4v) is 4.11. The Bertz CT molecular complexity index is 1130. The molecule has 1 aliphatic heterocycles. The first-order valence-electron chi connectivity index (χ1n) is 10.9. The first-order valence-corrected chi connectivity index (χ1v) is 10.9. The molecule has 0 aromatic heterocycles. The van der Waals surface area contributed by atoms with E-state index in [-0.39, 0.29) is 36.2 Å². The minimum Gasteiger partial charge on any atom is -0.378 e. The molecule has 4 rings (SSSR count). The number of urea groups is 1. The van der Waals surface area contributed by atoms with Crippen LogP contribution in [0.4, 0.5) is 23.7 Å². The number of carbonyl (C=O) groups excluding carboxylic acids is 1. The Hall–Kier alpha value is -2.81. The molecule has 0 aliphatic carbocycles. The summed E-state index contributed by atoms with van der Waals surface area (Å²) in [5.74, 6) is 0. The Morgan fingerprint density at radius 3 is 2.44 bits per heavy atom. The quantitative estimate of drug-likeness (QED) is 0.458. The van der Waals surface area contributed by atoms with Crippen LogP contribution in [-0.4, -0.2) is 37.2 Å². The highest BCUT2D eigenvalue weighted by molar-refractivity contribution is 5.90. The maximum atomic E-state index is 13.8. The average Bonchev–Trinajstić information content (AvgIpc) is 2.82. The van der Waals surface area contributed by atoms with Gasteiger partial charge < -0.3 is 20.3 Å². The van der Waals surface area contributed by atoms with E-state index in [2.05, 4.69) is 10.6 Å². The van der Waals surface area contributed by atoms with Gasteiger partial charge in [-0.25, -0.2) is 4.79 Å². The van der Waals surface area contributed by atoms with Crippen LogP contribution < -0.4 is 10.6 Å². The molecular weight excluding hydrogens is 467 g/mol. The van der Waals surface area contributed by atoms with Crippen LogP contribution in [0.1, 0.15) is 29.7 Å². The number of benzene rings is 3. The molecule has 0 saturated carbocycles. The number of halogens is 4. The minimum atomic E-state index is -4.54. The zero-order valence-electron chi connectivity index (χ0n) is 18.7. The molecule has 2 amide bonds. The molecule has 9 heteroatoms. The number of amides is 2. The van der Waals surface area contributed by atoms with Gasteiger partial charge in [-0.05, 0) is 35.4 Å². The van der Waals surface area contributed by atoms with E-state index in [1.54, 1.807) is 4.90 Å². The van der Waals surface area contributed by atoms with Crippen molar-refractivity contribution in [1.82, 2.24) is 10.2 Å². The van der Waals surface area contributed by atoms with Gasteiger partial charge >= 0.3 is 12.2 Å². The number of anilines is 1. The van der Waals surface area contributed by atoms with E-state index in [1.165, 1.54) is 12.1 Å². The highest BCUT2D eigenvalue weighted by Crippen LogP contribution is 2.36. The summed E-state index contributed by atoms with van der Waals surface area (Å²) in [6.45, 7) is 3.48. The third-order valence-corrected chi connectivity index (χ3v) is 5.90. The second-order valence-electron chi connectivity index (χ2n) is 8.03. The van der Waals surface area contributed by atoms with Gasteiger partial charge in [-0.2, -0.15) is 13.2 Å². The van der Waals surface area contributed by atoms with Crippen LogP contribution in [0.25, 0.3) is 10.8 Å². The van der Waals surface area contributed by atoms with Crippen molar-refractivity contribution >= 4 is 34.9 Å². The highest BCUT2D eigenvalue weighted by Gasteiger charge is 2.34. The van der Waals surface area contributed by atoms with Gasteiger partial charge in [0.25, 0.3) is 0 Å². The van der Waals surface area contributed by atoms with E-state index in [0.717, 1.165) is 22.4 Å². The predicted molar refractivity (Wildman–Crippen MR) is 129 cm³/mol. The monoisotopic (exact) mass is 493 g/mol. The minimum absolute atomic E-state index is 0. The molecule has 182 valence electrons. The molecule has 1 fully saturated rings. The SMILES string of the molecule is C[C@@H](NCc1c(NC(=O)N2CCOCC2)cccc1C(F)(F)F)c1cccc2ccccc12.Cl. The second-order valence-corrected chi connectivity index (χ2v) is 8.03. The summed E-state index contributed by atoms with van der Waals surface area (Å²) in [6, 6.07) is 17.0. The molecule has 2 N–H and O–H groups in total. The number of nitrogens with one attached hydrogen (secondary N) is 2. The van der Waals surface area contributed by atoms with Crippen LogP contribution in [0.15, 0.2) is 60.7 Å². The average molecular weight is 494 g/mol. The summed E-state index contributed by atoms with van der Waals surface area (Å²) in [4.78, 5) is 14.2. The number of rotatable bonds is 5. The normalized spacial score (nSPS) is 15.0. The van der Waals surface area contributed by atoms with Crippen molar-refractivity contribution in [1.29, 1.82) is 0 Å². The lowest BCUT2D eigenvalue weighted by atomic mass is 9.99. The Labute approximate surface area is 202 Å². The lowest BCUT2D eigenvalue weighted by Crippen LogP contribution is -2.43. The van der Waals surface area contributed by atoms with Crippen LogP contribution in [-0.2, 0) is 17.5 Å². The Morgan fingerprint density at radius 2 is 1.71 bits per heavy atom. The number of fused-ring (bicyclic) bond motifs is 1. The zero-order valence-corrected chi connectivity index (χ0v) is 19.5. The summed E-state index contributed by atoms with van der Waals surface area (Å²) in [6.07, 6.45) is -4.54. The van der Waals surface area contributed by atoms with Gasteiger partial charge in [0.1, 0.15) is 0 Å². The van der Waals surface area contributed by atoms with E-state index >= 15 is 0 Å². The first kappa shape index (κ1) is 25.8. The number of carbonyl (C=O) groups is 1. The topological polar surface area (TPSA) is 53.6 Å². The summed E-state index contributed by atoms with van der Waals surface area (Å²) in [5.41, 5.74) is 0.397. The van der Waals surface area contributed by atoms with Crippen LogP contribution in [0, 0.1) is 0 Å². The van der Waals surface area contributed by atoms with Crippen molar-refractivity contribution in [3.63, 3.8) is 0 Å². The molecule has 1 aliphatic rings. The third kappa shape index (κ3) is 5.81. The maximum Gasteiger partial charge on any atom is 0.416 e. The van der Waals surface area contributed by atoms with Crippen molar-refractivity contribution in [2.45, 2.75) is 25.7 Å². The second kappa shape index (κ2) is 11.1. The van der Waals surface area contributed by atoms with Gasteiger partial charge in [0.2, 0.25) is 0 Å². The third-order valence-electron chi connectivity index (χ3n) is 5.90. The summed E-state index contributed by atoms with van der Waals surface area (Å²) in [5, 5.41) is 8.02. The molecular formula is C25H27ClF3N3O2. The number of alkyl halides is 3. The molecule has 3 aromatic rings. The number of ether oxygens (including phenoxy) is 1. The molecule has 0 radical (unpaired) electrons. The van der Waals surface area contributed by atoms with Gasteiger partial charge in [-0.15, -0.1) is 12.4 Å². The standard InChI is InChI=1S/C25H26F3N3O2.ClH/c1-17(19-9-4-7-18-6-2-3-8-20(18)19)29-16-21-22(25(26,27)28)10-5-11-23(21)30-24(32)31-12-14-33-15-13-31;/h2-11,17,29H,12-16H2,1H3,(H,30,32);1H/t17-;/m1./s1. The van der Waals surface area contributed by atoms with Gasteiger partial charge in [-0.1, -0.05) is 48.5 Å². The maximum absolute atomic E-state index is 13.8. The van der Waals surface area contributed by atoms with Gasteiger partial charge in [0.15, 0.2) is 0 Å². The van der Waals surface area contributed by atoms with Crippen molar-refractivity contribution in [3.8, 4) is 0 Å². The van der Waals surface area contributed by atoms with Crippen LogP contribution in [0.2, 0.25) is 0 Å². The molecule has 1 saturated heterocycles. The largest absolute Gasteiger partial charge is 0.416 e. The van der Waals surface area contributed by atoms with Gasteiger partial charge in [-0.3, -0.25) is 0 Å². The Morgan fingerprint density at radius 1 is 1.03 bits per heavy atom. The lowest BCUT2D eigenvalue weighted by molar-refractivity contribution is -0.138. The number of hydrogen-bond donors (Lipinski definition) is 2. The number of nitrogens with zero attached hydrogens (tertiary/aromatic N) is 1. The molecule has 0 bridgehead atoms. The fraction of sp³-hybridized carbons (Fsp3) is 0.320. The van der Waals surface area contributed by atoms with Crippen molar-refractivity contribution in [3.05, 3.63) is 77.4 Å².